The maximum Gasteiger partial charge on any atom is 0.289 e. The van der Waals surface area contributed by atoms with Crippen molar-refractivity contribution < 1.29 is 13.6 Å². The van der Waals surface area contributed by atoms with E-state index in [0.717, 1.165) is 12.4 Å². The average molecular weight is 276 g/mol. The van der Waals surface area contributed by atoms with Crippen molar-refractivity contribution in [2.75, 3.05) is 31.1 Å². The monoisotopic (exact) mass is 276 g/mol. The smallest absolute Gasteiger partial charge is 0.289 e. The molecule has 1 aliphatic heterocycles. The fraction of sp³-hybridized carbons (Fsp3) is 0.308. The number of hydrogen-bond donors (Lipinski definition) is 0. The van der Waals surface area contributed by atoms with Crippen molar-refractivity contribution in [1.82, 2.24) is 14.9 Å². The van der Waals surface area contributed by atoms with E-state index in [4.69, 9.17) is 4.42 Å². The van der Waals surface area contributed by atoms with Crippen molar-refractivity contribution in [2.45, 2.75) is 0 Å². The SMILES string of the molecule is O=C(c1ccco1)N1CCN(c2ncc(F)cn2)CC1. The Balaban J connectivity index is 1.62. The Kier molecular flexibility index (Phi) is 3.32. The van der Waals surface area contributed by atoms with Gasteiger partial charge >= 0.3 is 0 Å². The molecule has 1 saturated heterocycles. The quantitative estimate of drug-likeness (QED) is 0.824. The minimum absolute atomic E-state index is 0.116. The summed E-state index contributed by atoms with van der Waals surface area (Å²) in [5.74, 6) is 0.253. The predicted octanol–water partition coefficient (Wildman–Crippen LogP) is 1.17. The second-order valence-corrected chi connectivity index (χ2v) is 4.46. The number of rotatable bonds is 2. The van der Waals surface area contributed by atoms with E-state index in [1.165, 1.54) is 6.26 Å². The lowest BCUT2D eigenvalue weighted by Crippen LogP contribution is -2.49. The van der Waals surface area contributed by atoms with Crippen LogP contribution in [0.4, 0.5) is 10.3 Å². The van der Waals surface area contributed by atoms with Gasteiger partial charge in [-0.25, -0.2) is 14.4 Å². The maximum atomic E-state index is 12.8. The third-order valence-corrected chi connectivity index (χ3v) is 3.19. The van der Waals surface area contributed by atoms with E-state index in [1.807, 2.05) is 4.90 Å². The van der Waals surface area contributed by atoms with Gasteiger partial charge in [0.25, 0.3) is 5.91 Å². The molecule has 1 aliphatic rings. The van der Waals surface area contributed by atoms with Gasteiger partial charge in [-0.05, 0) is 12.1 Å². The van der Waals surface area contributed by atoms with Gasteiger partial charge in [0.05, 0.1) is 18.7 Å². The van der Waals surface area contributed by atoms with Gasteiger partial charge in [-0.1, -0.05) is 0 Å². The Hall–Kier alpha value is -2.44. The standard InChI is InChI=1S/C13H13FN4O2/c14-10-8-15-13(16-9-10)18-5-3-17(4-6-18)12(19)11-2-1-7-20-11/h1-2,7-9H,3-6H2. The molecule has 0 aliphatic carbocycles. The highest BCUT2D eigenvalue weighted by Gasteiger charge is 2.24. The Morgan fingerprint density at radius 2 is 1.90 bits per heavy atom. The first kappa shape index (κ1) is 12.6. The Bertz CT molecular complexity index is 577. The highest BCUT2D eigenvalue weighted by molar-refractivity contribution is 5.91. The van der Waals surface area contributed by atoms with Crippen LogP contribution in [0.3, 0.4) is 0 Å². The number of carbonyl (C=O) groups excluding carboxylic acids is 1. The largest absolute Gasteiger partial charge is 0.459 e. The van der Waals surface area contributed by atoms with Crippen LogP contribution in [0.1, 0.15) is 10.6 Å². The minimum Gasteiger partial charge on any atom is -0.459 e. The number of halogens is 1. The first-order valence-electron chi connectivity index (χ1n) is 6.29. The number of piperazine rings is 1. The summed E-state index contributed by atoms with van der Waals surface area (Å²) in [5, 5.41) is 0. The molecule has 0 radical (unpaired) electrons. The second kappa shape index (κ2) is 5.28. The van der Waals surface area contributed by atoms with Crippen molar-refractivity contribution in [3.63, 3.8) is 0 Å². The first-order chi connectivity index (χ1) is 9.74. The van der Waals surface area contributed by atoms with Crippen LogP contribution in [0.5, 0.6) is 0 Å². The van der Waals surface area contributed by atoms with Crippen LogP contribution in [0.15, 0.2) is 35.2 Å². The molecule has 6 nitrogen and oxygen atoms in total. The van der Waals surface area contributed by atoms with Gasteiger partial charge in [0, 0.05) is 26.2 Å². The van der Waals surface area contributed by atoms with E-state index in [0.29, 0.717) is 37.9 Å². The summed E-state index contributed by atoms with van der Waals surface area (Å²) in [6.45, 7) is 2.33. The fourth-order valence-electron chi connectivity index (χ4n) is 2.13. The molecule has 3 heterocycles. The lowest BCUT2D eigenvalue weighted by Gasteiger charge is -2.34. The van der Waals surface area contributed by atoms with Crippen molar-refractivity contribution in [2.24, 2.45) is 0 Å². The summed E-state index contributed by atoms with van der Waals surface area (Å²) in [6.07, 6.45) is 3.77. The summed E-state index contributed by atoms with van der Waals surface area (Å²) < 4.78 is 17.9. The zero-order valence-electron chi connectivity index (χ0n) is 10.7. The number of amides is 1. The van der Waals surface area contributed by atoms with Crippen molar-refractivity contribution >= 4 is 11.9 Å². The Morgan fingerprint density at radius 1 is 1.20 bits per heavy atom. The summed E-state index contributed by atoms with van der Waals surface area (Å²) in [7, 11) is 0. The van der Waals surface area contributed by atoms with Gasteiger partial charge in [0.1, 0.15) is 0 Å². The molecule has 3 rings (SSSR count). The Morgan fingerprint density at radius 3 is 2.50 bits per heavy atom. The van der Waals surface area contributed by atoms with Gasteiger partial charge in [0.2, 0.25) is 5.95 Å². The van der Waals surface area contributed by atoms with Gasteiger partial charge in [0.15, 0.2) is 11.6 Å². The molecule has 0 unspecified atom stereocenters. The van der Waals surface area contributed by atoms with E-state index < -0.39 is 5.82 Å². The highest BCUT2D eigenvalue weighted by atomic mass is 19.1. The van der Waals surface area contributed by atoms with E-state index >= 15 is 0 Å². The zero-order chi connectivity index (χ0) is 13.9. The number of carbonyl (C=O) groups is 1. The minimum atomic E-state index is -0.458. The lowest BCUT2D eigenvalue weighted by molar-refractivity contribution is 0.0714. The van der Waals surface area contributed by atoms with Gasteiger partial charge in [-0.3, -0.25) is 4.79 Å². The molecule has 0 aromatic carbocycles. The van der Waals surface area contributed by atoms with E-state index in [2.05, 4.69) is 9.97 Å². The van der Waals surface area contributed by atoms with Gasteiger partial charge in [-0.2, -0.15) is 0 Å². The van der Waals surface area contributed by atoms with Crippen LogP contribution in [-0.4, -0.2) is 47.0 Å². The predicted molar refractivity (Wildman–Crippen MR) is 68.8 cm³/mol. The molecular formula is C13H13FN4O2. The highest BCUT2D eigenvalue weighted by Crippen LogP contribution is 2.13. The van der Waals surface area contributed by atoms with Crippen LogP contribution >= 0.6 is 0 Å². The third kappa shape index (κ3) is 2.47. The molecule has 7 heteroatoms. The zero-order valence-corrected chi connectivity index (χ0v) is 10.7. The molecule has 1 fully saturated rings. The molecule has 20 heavy (non-hydrogen) atoms. The molecular weight excluding hydrogens is 263 g/mol. The van der Waals surface area contributed by atoms with Gasteiger partial charge in [-0.15, -0.1) is 0 Å². The second-order valence-electron chi connectivity index (χ2n) is 4.46. The maximum absolute atomic E-state index is 12.8. The van der Waals surface area contributed by atoms with Gasteiger partial charge < -0.3 is 14.2 Å². The first-order valence-corrected chi connectivity index (χ1v) is 6.29. The molecule has 0 spiro atoms. The van der Waals surface area contributed by atoms with E-state index in [1.54, 1.807) is 17.0 Å². The summed E-state index contributed by atoms with van der Waals surface area (Å²) >= 11 is 0. The molecule has 1 amide bonds. The van der Waals surface area contributed by atoms with Crippen LogP contribution in [0.2, 0.25) is 0 Å². The number of nitrogens with zero attached hydrogens (tertiary/aromatic N) is 4. The summed E-state index contributed by atoms with van der Waals surface area (Å²) in [5.41, 5.74) is 0. The number of anilines is 1. The topological polar surface area (TPSA) is 62.5 Å². The molecule has 0 saturated carbocycles. The Labute approximate surface area is 114 Å². The van der Waals surface area contributed by atoms with Crippen LogP contribution in [-0.2, 0) is 0 Å². The number of hydrogen-bond acceptors (Lipinski definition) is 5. The third-order valence-electron chi connectivity index (χ3n) is 3.19. The summed E-state index contributed by atoms with van der Waals surface area (Å²) in [6, 6.07) is 3.34. The molecule has 0 bridgehead atoms. The molecule has 2 aromatic rings. The normalized spacial score (nSPS) is 15.4. The average Bonchev–Trinajstić information content (AvgIpc) is 3.02. The lowest BCUT2D eigenvalue weighted by atomic mass is 10.3. The molecule has 0 N–H and O–H groups in total. The van der Waals surface area contributed by atoms with Crippen LogP contribution in [0.25, 0.3) is 0 Å². The van der Waals surface area contributed by atoms with Crippen molar-refractivity contribution in [3.8, 4) is 0 Å². The van der Waals surface area contributed by atoms with E-state index in [9.17, 15) is 9.18 Å². The molecule has 0 atom stereocenters. The van der Waals surface area contributed by atoms with Crippen LogP contribution in [0, 0.1) is 5.82 Å². The molecule has 104 valence electrons. The molecule has 2 aromatic heterocycles. The fourth-order valence-corrected chi connectivity index (χ4v) is 2.13. The van der Waals surface area contributed by atoms with E-state index in [-0.39, 0.29) is 5.91 Å². The number of aromatic nitrogens is 2. The van der Waals surface area contributed by atoms with Crippen molar-refractivity contribution in [3.05, 3.63) is 42.4 Å². The number of furan rings is 1. The summed E-state index contributed by atoms with van der Waals surface area (Å²) in [4.78, 5) is 23.6. The van der Waals surface area contributed by atoms with Crippen LogP contribution < -0.4 is 4.90 Å². The van der Waals surface area contributed by atoms with Crippen molar-refractivity contribution in [1.29, 1.82) is 0 Å².